The van der Waals surface area contributed by atoms with E-state index in [9.17, 15) is 9.59 Å². The van der Waals surface area contributed by atoms with Crippen LogP contribution in [-0.4, -0.2) is 55.4 Å². The lowest BCUT2D eigenvalue weighted by atomic mass is 9.99. The van der Waals surface area contributed by atoms with Gasteiger partial charge >= 0.3 is 0 Å². The third-order valence-electron chi connectivity index (χ3n) is 5.36. The van der Waals surface area contributed by atoms with Gasteiger partial charge in [0.25, 0.3) is 0 Å². The second-order valence-corrected chi connectivity index (χ2v) is 7.51. The number of amides is 2. The van der Waals surface area contributed by atoms with Crippen molar-refractivity contribution in [1.82, 2.24) is 15.1 Å². The summed E-state index contributed by atoms with van der Waals surface area (Å²) in [6.07, 6.45) is 0.221. The number of methoxy groups -OCH3 is 1. The fourth-order valence-corrected chi connectivity index (χ4v) is 3.80. The Morgan fingerprint density at radius 1 is 1.10 bits per heavy atom. The first-order valence-electron chi connectivity index (χ1n) is 9.92. The summed E-state index contributed by atoms with van der Waals surface area (Å²) in [7, 11) is 3.69. The lowest BCUT2D eigenvalue weighted by Crippen LogP contribution is -2.50. The highest BCUT2D eigenvalue weighted by atomic mass is 16.5. The maximum Gasteiger partial charge on any atom is 0.225 e. The molecule has 2 amide bonds. The molecule has 6 heteroatoms. The maximum atomic E-state index is 13.3. The molecule has 0 bridgehead atoms. The molecule has 2 aromatic carbocycles. The van der Waals surface area contributed by atoms with Crippen LogP contribution in [0.4, 0.5) is 0 Å². The molecule has 1 heterocycles. The molecule has 1 N–H and O–H groups in total. The van der Waals surface area contributed by atoms with E-state index in [-0.39, 0.29) is 30.3 Å². The van der Waals surface area contributed by atoms with Crippen LogP contribution in [0.3, 0.4) is 0 Å². The number of nitrogens with zero attached hydrogens (tertiary/aromatic N) is 2. The summed E-state index contributed by atoms with van der Waals surface area (Å²) < 4.78 is 5.21. The monoisotopic (exact) mass is 395 g/mol. The largest absolute Gasteiger partial charge is 0.497 e. The van der Waals surface area contributed by atoms with Crippen molar-refractivity contribution in [3.05, 3.63) is 65.7 Å². The highest BCUT2D eigenvalue weighted by Gasteiger charge is 2.31. The number of carbonyl (C=O) groups is 2. The molecule has 0 radical (unpaired) electrons. The molecule has 2 unspecified atom stereocenters. The molecular formula is C23H29N3O3. The first-order chi connectivity index (χ1) is 14.0. The molecule has 3 rings (SSSR count). The van der Waals surface area contributed by atoms with Gasteiger partial charge in [-0.2, -0.15) is 0 Å². The van der Waals surface area contributed by atoms with Gasteiger partial charge in [0, 0.05) is 26.6 Å². The lowest BCUT2D eigenvalue weighted by Gasteiger charge is -2.41. The van der Waals surface area contributed by atoms with Crippen molar-refractivity contribution >= 4 is 11.8 Å². The Bertz CT molecular complexity index is 823. The van der Waals surface area contributed by atoms with Gasteiger partial charge in [0.2, 0.25) is 11.8 Å². The average molecular weight is 396 g/mol. The fourth-order valence-electron chi connectivity index (χ4n) is 3.80. The van der Waals surface area contributed by atoms with Crippen molar-refractivity contribution in [2.45, 2.75) is 25.4 Å². The zero-order chi connectivity index (χ0) is 20.8. The van der Waals surface area contributed by atoms with Crippen LogP contribution in [0.25, 0.3) is 0 Å². The summed E-state index contributed by atoms with van der Waals surface area (Å²) in [4.78, 5) is 29.3. The predicted octanol–water partition coefficient (Wildman–Crippen LogP) is 2.78. The Morgan fingerprint density at radius 2 is 1.79 bits per heavy atom. The summed E-state index contributed by atoms with van der Waals surface area (Å²) in [6, 6.07) is 17.2. The lowest BCUT2D eigenvalue weighted by molar-refractivity contribution is -0.137. The van der Waals surface area contributed by atoms with Gasteiger partial charge in [-0.25, -0.2) is 0 Å². The highest BCUT2D eigenvalue weighted by Crippen LogP contribution is 2.28. The number of carbonyl (C=O) groups excluding carboxylic acids is 2. The normalized spacial score (nSPS) is 18.2. The minimum Gasteiger partial charge on any atom is -0.497 e. The molecule has 0 spiro atoms. The molecule has 1 saturated heterocycles. The number of hydrogen-bond acceptors (Lipinski definition) is 4. The number of benzene rings is 2. The maximum absolute atomic E-state index is 13.3. The molecule has 0 aromatic heterocycles. The van der Waals surface area contributed by atoms with E-state index >= 15 is 0 Å². The molecule has 1 aliphatic rings. The van der Waals surface area contributed by atoms with E-state index in [0.29, 0.717) is 6.54 Å². The Kier molecular flexibility index (Phi) is 6.88. The van der Waals surface area contributed by atoms with Crippen LogP contribution in [0.15, 0.2) is 54.6 Å². The van der Waals surface area contributed by atoms with E-state index in [4.69, 9.17) is 4.74 Å². The Balaban J connectivity index is 1.80. The van der Waals surface area contributed by atoms with Crippen LogP contribution < -0.4 is 10.1 Å². The van der Waals surface area contributed by atoms with Gasteiger partial charge in [-0.1, -0.05) is 42.5 Å². The van der Waals surface area contributed by atoms with Crippen LogP contribution in [0.1, 0.15) is 36.6 Å². The standard InChI is InChI=1S/C23H29N3O3/c1-17(27)24-21(18-9-11-20(29-3)12-10-18)15-23(28)26-14-13-25(2)16-22(26)19-7-5-4-6-8-19/h4-12,21-22H,13-16H2,1-3H3,(H,24,27). The van der Waals surface area contributed by atoms with Gasteiger partial charge in [0.05, 0.1) is 25.6 Å². The second kappa shape index (κ2) is 9.56. The molecule has 0 aliphatic carbocycles. The minimum absolute atomic E-state index is 0.0105. The van der Waals surface area contributed by atoms with Crippen LogP contribution in [0.2, 0.25) is 0 Å². The van der Waals surface area contributed by atoms with E-state index in [0.717, 1.165) is 30.0 Å². The molecule has 29 heavy (non-hydrogen) atoms. The Morgan fingerprint density at radius 3 is 2.41 bits per heavy atom. The minimum atomic E-state index is -0.373. The van der Waals surface area contributed by atoms with Gasteiger partial charge in [0.15, 0.2) is 0 Å². The molecule has 1 fully saturated rings. The quantitative estimate of drug-likeness (QED) is 0.817. The Hall–Kier alpha value is -2.86. The van der Waals surface area contributed by atoms with E-state index < -0.39 is 0 Å². The summed E-state index contributed by atoms with van der Waals surface area (Å²) in [5.41, 5.74) is 2.02. The highest BCUT2D eigenvalue weighted by molar-refractivity contribution is 5.79. The van der Waals surface area contributed by atoms with Gasteiger partial charge in [0.1, 0.15) is 5.75 Å². The third kappa shape index (κ3) is 5.35. The molecule has 1 aliphatic heterocycles. The first kappa shape index (κ1) is 20.9. The van der Waals surface area contributed by atoms with Gasteiger partial charge < -0.3 is 19.9 Å². The van der Waals surface area contributed by atoms with E-state index in [1.165, 1.54) is 6.92 Å². The van der Waals surface area contributed by atoms with E-state index in [1.807, 2.05) is 47.4 Å². The molecule has 154 valence electrons. The van der Waals surface area contributed by atoms with Crippen molar-refractivity contribution in [1.29, 1.82) is 0 Å². The number of rotatable bonds is 6. The number of nitrogens with one attached hydrogen (secondary N) is 1. The van der Waals surface area contributed by atoms with E-state index in [2.05, 4.69) is 29.4 Å². The molecule has 2 atom stereocenters. The molecule has 2 aromatic rings. The first-order valence-corrected chi connectivity index (χ1v) is 9.92. The predicted molar refractivity (Wildman–Crippen MR) is 113 cm³/mol. The molecule has 0 saturated carbocycles. The van der Waals surface area contributed by atoms with Crippen molar-refractivity contribution < 1.29 is 14.3 Å². The summed E-state index contributed by atoms with van der Waals surface area (Å²) in [6.45, 7) is 3.78. The molecule has 6 nitrogen and oxygen atoms in total. The molecular weight excluding hydrogens is 366 g/mol. The SMILES string of the molecule is COc1ccc(C(CC(=O)N2CCN(C)CC2c2ccccc2)NC(C)=O)cc1. The van der Waals surface area contributed by atoms with Crippen molar-refractivity contribution in [2.24, 2.45) is 0 Å². The van der Waals surface area contributed by atoms with Crippen molar-refractivity contribution in [3.8, 4) is 5.75 Å². The third-order valence-corrected chi connectivity index (χ3v) is 5.36. The number of hydrogen-bond donors (Lipinski definition) is 1. The smallest absolute Gasteiger partial charge is 0.225 e. The zero-order valence-electron chi connectivity index (χ0n) is 17.3. The Labute approximate surface area is 172 Å². The van der Waals surface area contributed by atoms with Gasteiger partial charge in [-0.05, 0) is 30.3 Å². The fraction of sp³-hybridized carbons (Fsp3) is 0.391. The average Bonchev–Trinajstić information content (AvgIpc) is 2.73. The topological polar surface area (TPSA) is 61.9 Å². The van der Waals surface area contributed by atoms with Crippen molar-refractivity contribution in [2.75, 3.05) is 33.8 Å². The van der Waals surface area contributed by atoms with E-state index in [1.54, 1.807) is 7.11 Å². The van der Waals surface area contributed by atoms with Crippen molar-refractivity contribution in [3.63, 3.8) is 0 Å². The van der Waals surface area contributed by atoms with Crippen LogP contribution in [0.5, 0.6) is 5.75 Å². The van der Waals surface area contributed by atoms with Gasteiger partial charge in [-0.3, -0.25) is 9.59 Å². The summed E-state index contributed by atoms with van der Waals surface area (Å²) in [5, 5.41) is 2.93. The van der Waals surface area contributed by atoms with Crippen LogP contribution >= 0.6 is 0 Å². The number of piperazine rings is 1. The summed E-state index contributed by atoms with van der Waals surface area (Å²) >= 11 is 0. The summed E-state index contributed by atoms with van der Waals surface area (Å²) in [5.74, 6) is 0.628. The number of likely N-dealkylation sites (N-methyl/N-ethyl adjacent to an activating group) is 1. The zero-order valence-corrected chi connectivity index (χ0v) is 17.3. The van der Waals surface area contributed by atoms with Crippen LogP contribution in [-0.2, 0) is 9.59 Å². The number of ether oxygens (including phenoxy) is 1. The van der Waals surface area contributed by atoms with Crippen LogP contribution in [0, 0.1) is 0 Å². The second-order valence-electron chi connectivity index (χ2n) is 7.51. The van der Waals surface area contributed by atoms with Gasteiger partial charge in [-0.15, -0.1) is 0 Å².